The fourth-order valence-corrected chi connectivity index (χ4v) is 1.42. The summed E-state index contributed by atoms with van der Waals surface area (Å²) in [7, 11) is 0. The molecule has 2 aromatic rings. The minimum Gasteiger partial charge on any atom is -0.421 e. The Morgan fingerprint density at radius 1 is 1.11 bits per heavy atom. The third kappa shape index (κ3) is 3.89. The van der Waals surface area contributed by atoms with E-state index in [0.29, 0.717) is 17.7 Å². The summed E-state index contributed by atoms with van der Waals surface area (Å²) in [6.45, 7) is 6.14. The summed E-state index contributed by atoms with van der Waals surface area (Å²) in [4.78, 5) is 0. The molecule has 18 heavy (non-hydrogen) atoms. The predicted octanol–water partition coefficient (Wildman–Crippen LogP) is 2.50. The fourth-order valence-electron chi connectivity index (χ4n) is 1.42. The van der Waals surface area contributed by atoms with Crippen LogP contribution in [0.25, 0.3) is 11.5 Å². The van der Waals surface area contributed by atoms with E-state index in [2.05, 4.69) is 36.2 Å². The van der Waals surface area contributed by atoms with Crippen LogP contribution >= 0.6 is 0 Å². The highest BCUT2D eigenvalue weighted by molar-refractivity contribution is 7.51. The average Bonchev–Trinajstić information content (AvgIpc) is 2.77. The lowest BCUT2D eigenvalue weighted by Gasteiger charge is -2.04. The summed E-state index contributed by atoms with van der Waals surface area (Å²) >= 11 is -0.750. The number of nitrogens with zero attached hydrogens (tertiary/aromatic N) is 2. The van der Waals surface area contributed by atoms with Crippen molar-refractivity contribution in [1.82, 2.24) is 10.2 Å². The van der Waals surface area contributed by atoms with E-state index in [1.807, 2.05) is 12.1 Å². The second kappa shape index (κ2) is 6.80. The van der Waals surface area contributed by atoms with Gasteiger partial charge in [-0.3, -0.25) is 0 Å². The molecule has 0 aliphatic carbocycles. The topological polar surface area (TPSA) is 73.1 Å². The molecule has 1 aromatic heterocycles. The molecule has 0 aliphatic heterocycles. The van der Waals surface area contributed by atoms with Gasteiger partial charge in [-0.15, -0.1) is 10.2 Å². The van der Waals surface area contributed by atoms with Gasteiger partial charge in [0.25, 0.3) is 0 Å². The highest BCUT2D eigenvalue weighted by atomic mass is 32.1. The second-order valence-corrected chi connectivity index (χ2v) is 4.11. The number of aromatic nitrogens is 2. The summed E-state index contributed by atoms with van der Waals surface area (Å²) in [5, 5.41) is 7.78. The highest BCUT2D eigenvalue weighted by Gasteiger charge is 2.06. The number of benzene rings is 1. The Bertz CT molecular complexity index is 529. The van der Waals surface area contributed by atoms with Crippen LogP contribution in [0.5, 0.6) is 0 Å². The monoisotopic (exact) mass is 266 g/mol. The average molecular weight is 266 g/mol. The first-order valence-electron chi connectivity index (χ1n) is 5.40. The maximum Gasteiger partial charge on any atom is 0.335 e. The Morgan fingerprint density at radius 2 is 1.67 bits per heavy atom. The van der Waals surface area contributed by atoms with Gasteiger partial charge in [0.05, 0.1) is 0 Å². The van der Waals surface area contributed by atoms with Gasteiger partial charge >= 0.3 is 11.6 Å². The van der Waals surface area contributed by atoms with Crippen molar-refractivity contribution in [1.29, 1.82) is 0 Å². The maximum atomic E-state index is 8.29. The van der Waals surface area contributed by atoms with Crippen LogP contribution in [-0.2, 0) is 11.6 Å². The van der Waals surface area contributed by atoms with Crippen molar-refractivity contribution in [2.24, 2.45) is 0 Å². The minimum atomic E-state index is -0.750. The molecule has 96 valence electrons. The Labute approximate surface area is 109 Å². The van der Waals surface area contributed by atoms with Crippen molar-refractivity contribution in [3.05, 3.63) is 35.7 Å². The van der Waals surface area contributed by atoms with Crippen LogP contribution in [0.15, 0.2) is 28.7 Å². The van der Waals surface area contributed by atoms with Gasteiger partial charge < -0.3 is 4.42 Å². The first-order chi connectivity index (χ1) is 8.58. The molecule has 1 aromatic carbocycles. The second-order valence-electron chi connectivity index (χ2n) is 3.97. The number of aryl methyl sites for hydroxylation is 1. The smallest absolute Gasteiger partial charge is 0.335 e. The van der Waals surface area contributed by atoms with Crippen LogP contribution in [0.2, 0.25) is 0 Å². The molecule has 1 heterocycles. The van der Waals surface area contributed by atoms with E-state index in [1.54, 1.807) is 6.92 Å². The molecule has 0 fully saturated rings. The molecular formula is C12H14N2O3S. The van der Waals surface area contributed by atoms with Crippen molar-refractivity contribution in [3.8, 4) is 11.5 Å². The van der Waals surface area contributed by atoms with Gasteiger partial charge in [0.15, 0.2) is 0 Å². The third-order valence-electron chi connectivity index (χ3n) is 2.35. The minimum absolute atomic E-state index is 0.545. The van der Waals surface area contributed by atoms with Crippen LogP contribution in [0.1, 0.15) is 31.2 Å². The fraction of sp³-hybridized carbons (Fsp3) is 0.333. The Balaban J connectivity index is 0.000000492. The lowest BCUT2D eigenvalue weighted by Crippen LogP contribution is -1.86. The molecule has 0 saturated carbocycles. The van der Waals surface area contributed by atoms with Crippen molar-refractivity contribution in [2.75, 3.05) is 0 Å². The number of hydrogen-bond acceptors (Lipinski definition) is 5. The normalized spacial score (nSPS) is 9.78. The molecule has 0 aliphatic rings. The molecule has 0 spiro atoms. The molecular weight excluding hydrogens is 252 g/mol. The lowest BCUT2D eigenvalue weighted by molar-refractivity contribution is 0.532. The summed E-state index contributed by atoms with van der Waals surface area (Å²) in [6.07, 6.45) is 0. The standard InChI is InChI=1S/C12H14N2O.O2S/c1-8(2)10-4-6-11(7-5-10)12-14-13-9(3)15-12;1-3-2/h4-8H,1-3H3;. The number of rotatable bonds is 2. The molecule has 0 amide bonds. The van der Waals surface area contributed by atoms with Gasteiger partial charge in [-0.1, -0.05) is 26.0 Å². The predicted molar refractivity (Wildman–Crippen MR) is 67.5 cm³/mol. The highest BCUT2D eigenvalue weighted by Crippen LogP contribution is 2.21. The van der Waals surface area contributed by atoms with Gasteiger partial charge in [0, 0.05) is 12.5 Å². The van der Waals surface area contributed by atoms with Gasteiger partial charge in [0.2, 0.25) is 11.8 Å². The van der Waals surface area contributed by atoms with Gasteiger partial charge in [-0.05, 0) is 23.6 Å². The van der Waals surface area contributed by atoms with Crippen LogP contribution < -0.4 is 0 Å². The zero-order valence-electron chi connectivity index (χ0n) is 10.4. The summed E-state index contributed by atoms with van der Waals surface area (Å²) in [5.41, 5.74) is 2.29. The molecule has 5 nitrogen and oxygen atoms in total. The van der Waals surface area contributed by atoms with Crippen LogP contribution in [0, 0.1) is 6.92 Å². The number of hydrogen-bond donors (Lipinski definition) is 0. The summed E-state index contributed by atoms with van der Waals surface area (Å²) in [5.74, 6) is 1.73. The SMILES string of the molecule is Cc1nnc(-c2ccc(C(C)C)cc2)o1.O=S=O. The van der Waals surface area contributed by atoms with E-state index in [0.717, 1.165) is 5.56 Å². The zero-order valence-corrected chi connectivity index (χ0v) is 11.2. The first-order valence-corrected chi connectivity index (χ1v) is 6.07. The quantitative estimate of drug-likeness (QED) is 0.835. The largest absolute Gasteiger partial charge is 0.421 e. The summed E-state index contributed by atoms with van der Waals surface area (Å²) < 4.78 is 21.9. The Hall–Kier alpha value is -1.82. The lowest BCUT2D eigenvalue weighted by atomic mass is 10.0. The van der Waals surface area contributed by atoms with Crippen molar-refractivity contribution < 1.29 is 12.8 Å². The van der Waals surface area contributed by atoms with E-state index in [9.17, 15) is 0 Å². The van der Waals surface area contributed by atoms with E-state index < -0.39 is 11.6 Å². The Kier molecular flexibility index (Phi) is 5.38. The molecule has 0 unspecified atom stereocenters. The van der Waals surface area contributed by atoms with Crippen molar-refractivity contribution in [3.63, 3.8) is 0 Å². The van der Waals surface area contributed by atoms with E-state index in [4.69, 9.17) is 12.8 Å². The zero-order chi connectivity index (χ0) is 13.5. The van der Waals surface area contributed by atoms with E-state index in [1.165, 1.54) is 5.56 Å². The van der Waals surface area contributed by atoms with E-state index >= 15 is 0 Å². The maximum absolute atomic E-state index is 8.29. The molecule has 2 rings (SSSR count). The molecule has 0 saturated heterocycles. The van der Waals surface area contributed by atoms with E-state index in [-0.39, 0.29) is 0 Å². The molecule has 0 atom stereocenters. The molecule has 0 bridgehead atoms. The van der Waals surface area contributed by atoms with Gasteiger partial charge in [0.1, 0.15) is 0 Å². The molecule has 6 heteroatoms. The van der Waals surface area contributed by atoms with Crippen molar-refractivity contribution in [2.45, 2.75) is 26.7 Å². The molecule has 0 N–H and O–H groups in total. The van der Waals surface area contributed by atoms with Gasteiger partial charge in [-0.2, -0.15) is 8.42 Å². The van der Waals surface area contributed by atoms with Crippen LogP contribution in [0.3, 0.4) is 0 Å². The first kappa shape index (κ1) is 14.2. The van der Waals surface area contributed by atoms with Gasteiger partial charge in [-0.25, -0.2) is 0 Å². The van der Waals surface area contributed by atoms with Crippen molar-refractivity contribution >= 4 is 11.6 Å². The Morgan fingerprint density at radius 3 is 2.06 bits per heavy atom. The summed E-state index contributed by atoms with van der Waals surface area (Å²) in [6, 6.07) is 8.23. The van der Waals surface area contributed by atoms with Crippen LogP contribution in [0.4, 0.5) is 0 Å². The van der Waals surface area contributed by atoms with Crippen LogP contribution in [-0.4, -0.2) is 18.6 Å². The molecule has 0 radical (unpaired) electrons. The third-order valence-corrected chi connectivity index (χ3v) is 2.35.